The Hall–Kier alpha value is -8.40. The van der Waals surface area contributed by atoms with Crippen LogP contribution < -0.4 is 4.90 Å². The number of nitrogens with zero attached hydrogens (tertiary/aromatic N) is 2. The summed E-state index contributed by atoms with van der Waals surface area (Å²) in [6, 6.07) is 87.0. The van der Waals surface area contributed by atoms with Crippen LogP contribution in [0.4, 0.5) is 17.1 Å². The van der Waals surface area contributed by atoms with Crippen LogP contribution in [-0.4, -0.2) is 4.57 Å². The monoisotopic (exact) mass is 804 g/mol. The molecule has 0 aliphatic heterocycles. The number of hydrogen-bond donors (Lipinski definition) is 0. The molecule has 12 rings (SSSR count). The minimum absolute atomic E-state index is 0.881. The fourth-order valence-corrected chi connectivity index (χ4v) is 9.42. The molecular weight excluding hydrogens is 765 g/mol. The Balaban J connectivity index is 0.939. The summed E-state index contributed by atoms with van der Waals surface area (Å²) in [5, 5.41) is 4.76. The van der Waals surface area contributed by atoms with Gasteiger partial charge >= 0.3 is 0 Å². The van der Waals surface area contributed by atoms with Crippen LogP contribution in [0.2, 0.25) is 0 Å². The highest BCUT2D eigenvalue weighted by molar-refractivity contribution is 6.14. The fourth-order valence-electron chi connectivity index (χ4n) is 9.42. The summed E-state index contributed by atoms with van der Waals surface area (Å²) in [5.74, 6) is 0. The summed E-state index contributed by atoms with van der Waals surface area (Å²) < 4.78 is 8.74. The van der Waals surface area contributed by atoms with Crippen LogP contribution in [0, 0.1) is 0 Å². The van der Waals surface area contributed by atoms with Gasteiger partial charge in [-0.2, -0.15) is 0 Å². The molecule has 10 aromatic carbocycles. The topological polar surface area (TPSA) is 21.3 Å². The molecule has 63 heavy (non-hydrogen) atoms. The molecule has 3 heteroatoms. The molecule has 0 saturated carbocycles. The largest absolute Gasteiger partial charge is 0.456 e. The Bertz CT molecular complexity index is 3530. The lowest BCUT2D eigenvalue weighted by atomic mass is 9.96. The van der Waals surface area contributed by atoms with Gasteiger partial charge in [-0.05, 0) is 106 Å². The highest BCUT2D eigenvalue weighted by Crippen LogP contribution is 2.45. The maximum Gasteiger partial charge on any atom is 0.136 e. The number of benzene rings is 10. The smallest absolute Gasteiger partial charge is 0.136 e. The number of fused-ring (bicyclic) bond motifs is 6. The van der Waals surface area contributed by atoms with Crippen molar-refractivity contribution >= 4 is 60.8 Å². The molecule has 2 aromatic heterocycles. The van der Waals surface area contributed by atoms with Crippen molar-refractivity contribution in [3.05, 3.63) is 243 Å². The second-order valence-corrected chi connectivity index (χ2v) is 16.1. The predicted molar refractivity (Wildman–Crippen MR) is 264 cm³/mol. The lowest BCUT2D eigenvalue weighted by molar-refractivity contribution is 0.669. The SMILES string of the molecule is c1ccc(-c2ccc(-c3ccc(N(c4ccc(-c5ccc(-n6c7ccccc7c7ccccc76)cc5)cc4)c4ccccc4-c4cccc5oc6ccccc6c45)cc3)cc2)cc1. The van der Waals surface area contributed by atoms with Crippen LogP contribution in [0.3, 0.4) is 0 Å². The van der Waals surface area contributed by atoms with Gasteiger partial charge in [0, 0.05) is 44.2 Å². The molecule has 12 aromatic rings. The normalized spacial score (nSPS) is 11.5. The van der Waals surface area contributed by atoms with Gasteiger partial charge in [0.15, 0.2) is 0 Å². The summed E-state index contributed by atoms with van der Waals surface area (Å²) >= 11 is 0. The average molecular weight is 805 g/mol. The third kappa shape index (κ3) is 6.38. The summed E-state index contributed by atoms with van der Waals surface area (Å²) in [6.45, 7) is 0. The van der Waals surface area contributed by atoms with E-state index >= 15 is 0 Å². The quantitative estimate of drug-likeness (QED) is 0.153. The standard InChI is InChI=1S/C60H40N2O/c1-2-13-41(14-3-1)42-25-27-43(28-26-42)44-29-35-47(36-30-44)61(55-20-8-6-17-52(55)53-19-12-24-59-60(53)54-18-7-11-23-58(54)63-59)48-37-31-45(32-38-48)46-33-39-49(40-34-46)62-56-21-9-4-15-50(56)51-16-5-10-22-57(51)62/h1-40H. The Morgan fingerprint density at radius 3 is 1.33 bits per heavy atom. The van der Waals surface area contributed by atoms with Crippen LogP contribution in [-0.2, 0) is 0 Å². The van der Waals surface area contributed by atoms with Crippen molar-refractivity contribution in [3.8, 4) is 50.2 Å². The molecule has 2 heterocycles. The number of rotatable bonds is 8. The second-order valence-electron chi connectivity index (χ2n) is 16.1. The Morgan fingerprint density at radius 1 is 0.302 bits per heavy atom. The van der Waals surface area contributed by atoms with E-state index in [-0.39, 0.29) is 0 Å². The number of anilines is 3. The van der Waals surface area contributed by atoms with E-state index in [4.69, 9.17) is 4.42 Å². The molecule has 0 N–H and O–H groups in total. The molecule has 0 spiro atoms. The second kappa shape index (κ2) is 15.3. The molecule has 0 bridgehead atoms. The van der Waals surface area contributed by atoms with Gasteiger partial charge in [0.25, 0.3) is 0 Å². The first-order valence-corrected chi connectivity index (χ1v) is 21.5. The summed E-state index contributed by atoms with van der Waals surface area (Å²) in [4.78, 5) is 2.38. The van der Waals surface area contributed by atoms with Crippen molar-refractivity contribution in [2.45, 2.75) is 0 Å². The molecular formula is C60H40N2O. The van der Waals surface area contributed by atoms with Crippen LogP contribution in [0.1, 0.15) is 0 Å². The minimum Gasteiger partial charge on any atom is -0.456 e. The van der Waals surface area contributed by atoms with E-state index in [0.29, 0.717) is 0 Å². The van der Waals surface area contributed by atoms with Crippen molar-refractivity contribution in [1.29, 1.82) is 0 Å². The van der Waals surface area contributed by atoms with E-state index in [9.17, 15) is 0 Å². The van der Waals surface area contributed by atoms with Gasteiger partial charge in [0.05, 0.1) is 16.7 Å². The minimum atomic E-state index is 0.881. The zero-order valence-electron chi connectivity index (χ0n) is 34.4. The van der Waals surface area contributed by atoms with Gasteiger partial charge in [-0.15, -0.1) is 0 Å². The van der Waals surface area contributed by atoms with Crippen LogP contribution >= 0.6 is 0 Å². The summed E-state index contributed by atoms with van der Waals surface area (Å²) in [6.07, 6.45) is 0. The Labute approximate surface area is 366 Å². The van der Waals surface area contributed by atoms with Gasteiger partial charge in [-0.1, -0.05) is 176 Å². The van der Waals surface area contributed by atoms with Crippen LogP contribution in [0.5, 0.6) is 0 Å². The summed E-state index contributed by atoms with van der Waals surface area (Å²) in [7, 11) is 0. The molecule has 3 nitrogen and oxygen atoms in total. The third-order valence-electron chi connectivity index (χ3n) is 12.5. The van der Waals surface area contributed by atoms with Gasteiger partial charge in [-0.3, -0.25) is 0 Å². The molecule has 0 fully saturated rings. The van der Waals surface area contributed by atoms with E-state index in [1.807, 2.05) is 12.1 Å². The van der Waals surface area contributed by atoms with E-state index < -0.39 is 0 Å². The number of para-hydroxylation sites is 4. The Morgan fingerprint density at radius 2 is 0.730 bits per heavy atom. The van der Waals surface area contributed by atoms with Gasteiger partial charge in [-0.25, -0.2) is 0 Å². The number of furan rings is 1. The highest BCUT2D eigenvalue weighted by Gasteiger charge is 2.21. The first-order valence-electron chi connectivity index (χ1n) is 21.5. The fraction of sp³-hybridized carbons (Fsp3) is 0. The van der Waals surface area contributed by atoms with E-state index in [0.717, 1.165) is 61.4 Å². The molecule has 0 atom stereocenters. The average Bonchev–Trinajstić information content (AvgIpc) is 3.91. The molecule has 0 aliphatic carbocycles. The third-order valence-corrected chi connectivity index (χ3v) is 12.5. The lowest BCUT2D eigenvalue weighted by Crippen LogP contribution is -2.11. The van der Waals surface area contributed by atoms with Crippen LogP contribution in [0.25, 0.3) is 93.9 Å². The predicted octanol–water partition coefficient (Wildman–Crippen LogP) is 16.8. The molecule has 0 saturated heterocycles. The highest BCUT2D eigenvalue weighted by atomic mass is 16.3. The maximum atomic E-state index is 6.38. The van der Waals surface area contributed by atoms with Crippen molar-refractivity contribution < 1.29 is 4.42 Å². The van der Waals surface area contributed by atoms with Crippen molar-refractivity contribution in [2.24, 2.45) is 0 Å². The van der Waals surface area contributed by atoms with Crippen molar-refractivity contribution in [1.82, 2.24) is 4.57 Å². The summed E-state index contributed by atoms with van der Waals surface area (Å²) in [5.41, 5.74) is 17.9. The van der Waals surface area contributed by atoms with Gasteiger partial charge in [0.1, 0.15) is 11.2 Å². The molecule has 0 unspecified atom stereocenters. The van der Waals surface area contributed by atoms with Crippen LogP contribution in [0.15, 0.2) is 247 Å². The van der Waals surface area contributed by atoms with Gasteiger partial charge in [0.2, 0.25) is 0 Å². The van der Waals surface area contributed by atoms with Crippen molar-refractivity contribution in [3.63, 3.8) is 0 Å². The molecule has 0 amide bonds. The van der Waals surface area contributed by atoms with E-state index in [2.05, 4.69) is 240 Å². The first-order chi connectivity index (χ1) is 31.2. The van der Waals surface area contributed by atoms with E-state index in [1.54, 1.807) is 0 Å². The van der Waals surface area contributed by atoms with E-state index in [1.165, 1.54) is 49.6 Å². The molecule has 0 radical (unpaired) electrons. The zero-order valence-corrected chi connectivity index (χ0v) is 34.4. The lowest BCUT2D eigenvalue weighted by Gasteiger charge is -2.28. The molecule has 296 valence electrons. The zero-order chi connectivity index (χ0) is 41.7. The Kier molecular flexibility index (Phi) is 8.83. The molecule has 0 aliphatic rings. The number of aromatic nitrogens is 1. The maximum absolute atomic E-state index is 6.38. The number of hydrogen-bond acceptors (Lipinski definition) is 2. The van der Waals surface area contributed by atoms with Crippen molar-refractivity contribution in [2.75, 3.05) is 4.90 Å². The first kappa shape index (κ1) is 36.5. The van der Waals surface area contributed by atoms with Gasteiger partial charge < -0.3 is 13.9 Å².